The molecule has 0 fully saturated rings. The average molecular weight is 301 g/mol. The van der Waals surface area contributed by atoms with Crippen LogP contribution in [0, 0.1) is 20.2 Å². The molecule has 0 aliphatic heterocycles. The van der Waals surface area contributed by atoms with Crippen LogP contribution in [0.2, 0.25) is 0 Å². The van der Waals surface area contributed by atoms with Gasteiger partial charge >= 0.3 is 5.69 Å². The van der Waals surface area contributed by atoms with Gasteiger partial charge < -0.3 is 0 Å². The highest BCUT2D eigenvalue weighted by molar-refractivity contribution is 5.98. The van der Waals surface area contributed by atoms with Gasteiger partial charge in [-0.05, 0) is 19.1 Å². The van der Waals surface area contributed by atoms with Gasteiger partial charge in [0.15, 0.2) is 0 Å². The predicted octanol–water partition coefficient (Wildman–Crippen LogP) is 2.73. The molecule has 0 aliphatic carbocycles. The van der Waals surface area contributed by atoms with Crippen LogP contribution in [0.4, 0.5) is 17.1 Å². The summed E-state index contributed by atoms with van der Waals surface area (Å²) in [5, 5.41) is 25.7. The molecule has 1 aromatic heterocycles. The number of anilines is 1. The number of non-ortho nitro benzene ring substituents is 1. The van der Waals surface area contributed by atoms with Gasteiger partial charge in [-0.1, -0.05) is 6.07 Å². The monoisotopic (exact) mass is 301 g/mol. The van der Waals surface area contributed by atoms with Gasteiger partial charge in [-0.25, -0.2) is 0 Å². The van der Waals surface area contributed by atoms with Gasteiger partial charge in [0.1, 0.15) is 5.69 Å². The van der Waals surface area contributed by atoms with E-state index < -0.39 is 15.5 Å². The molecule has 112 valence electrons. The van der Waals surface area contributed by atoms with Gasteiger partial charge in [-0.2, -0.15) is 5.10 Å². The first kappa shape index (κ1) is 15.0. The lowest BCUT2D eigenvalue weighted by Gasteiger charge is -2.04. The van der Waals surface area contributed by atoms with Crippen molar-refractivity contribution < 1.29 is 9.85 Å². The Bertz CT molecular complexity index is 745. The molecule has 2 rings (SSSR count). The quantitative estimate of drug-likeness (QED) is 0.514. The van der Waals surface area contributed by atoms with Crippen LogP contribution < -0.4 is 5.43 Å². The second-order valence-electron chi connectivity index (χ2n) is 4.27. The van der Waals surface area contributed by atoms with E-state index in [4.69, 9.17) is 0 Å². The second kappa shape index (κ2) is 6.39. The molecule has 0 bridgehead atoms. The average Bonchev–Trinajstić information content (AvgIpc) is 2.53. The van der Waals surface area contributed by atoms with E-state index in [-0.39, 0.29) is 11.4 Å². The van der Waals surface area contributed by atoms with Crippen LogP contribution in [0.25, 0.3) is 0 Å². The molecule has 22 heavy (non-hydrogen) atoms. The smallest absolute Gasteiger partial charge is 0.271 e. The van der Waals surface area contributed by atoms with E-state index >= 15 is 0 Å². The Morgan fingerprint density at radius 1 is 1.23 bits per heavy atom. The Kier molecular flexibility index (Phi) is 4.37. The second-order valence-corrected chi connectivity index (χ2v) is 4.27. The largest absolute Gasteiger partial charge is 0.301 e. The van der Waals surface area contributed by atoms with Gasteiger partial charge in [-0.15, -0.1) is 0 Å². The molecule has 1 N–H and O–H groups in total. The Hall–Kier alpha value is -3.36. The fourth-order valence-corrected chi connectivity index (χ4v) is 1.66. The first-order valence-electron chi connectivity index (χ1n) is 6.12. The van der Waals surface area contributed by atoms with Crippen molar-refractivity contribution in [2.75, 3.05) is 5.43 Å². The minimum absolute atomic E-state index is 0.0684. The minimum Gasteiger partial charge on any atom is -0.271 e. The fraction of sp³-hybridized carbons (Fsp3) is 0.0769. The first-order valence-corrected chi connectivity index (χ1v) is 6.12. The van der Waals surface area contributed by atoms with Gasteiger partial charge in [-0.3, -0.25) is 30.6 Å². The first-order chi connectivity index (χ1) is 10.5. The molecule has 0 unspecified atom stereocenters. The highest BCUT2D eigenvalue weighted by atomic mass is 16.6. The molecule has 1 aromatic carbocycles. The lowest BCUT2D eigenvalue weighted by molar-refractivity contribution is -0.393. The van der Waals surface area contributed by atoms with Gasteiger partial charge in [0.05, 0.1) is 21.6 Å². The van der Waals surface area contributed by atoms with Crippen LogP contribution >= 0.6 is 0 Å². The van der Waals surface area contributed by atoms with Gasteiger partial charge in [0.2, 0.25) is 0 Å². The molecular formula is C13H11N5O4. The standard InChI is InChI=1S/C13H11N5O4/c1-9(10-3-2-6-14-8-10)15-16-12-5-4-11(17(19)20)7-13(12)18(21)22/h2-8,16H,1H3. The Balaban J connectivity index is 2.30. The predicted molar refractivity (Wildman–Crippen MR) is 79.8 cm³/mol. The number of rotatable bonds is 5. The van der Waals surface area contributed by atoms with Crippen LogP contribution in [0.15, 0.2) is 47.8 Å². The summed E-state index contributed by atoms with van der Waals surface area (Å²) >= 11 is 0. The number of benzene rings is 1. The SMILES string of the molecule is CC(=NNc1ccc([N+](=O)[O-])cc1[N+](=O)[O-])c1cccnc1. The van der Waals surface area contributed by atoms with E-state index in [1.807, 2.05) is 0 Å². The molecule has 0 radical (unpaired) electrons. The van der Waals surface area contributed by atoms with E-state index in [1.165, 1.54) is 12.1 Å². The lowest BCUT2D eigenvalue weighted by atomic mass is 10.2. The van der Waals surface area contributed by atoms with Crippen molar-refractivity contribution in [3.63, 3.8) is 0 Å². The zero-order valence-electron chi connectivity index (χ0n) is 11.5. The molecule has 0 saturated heterocycles. The highest BCUT2D eigenvalue weighted by Crippen LogP contribution is 2.28. The molecular weight excluding hydrogens is 290 g/mol. The molecule has 2 aromatic rings. The van der Waals surface area contributed by atoms with Gasteiger partial charge in [0, 0.05) is 24.0 Å². The number of nitro groups is 2. The van der Waals surface area contributed by atoms with Crippen LogP contribution in [-0.4, -0.2) is 20.5 Å². The Labute approximate surface area is 124 Å². The van der Waals surface area contributed by atoms with Crippen molar-refractivity contribution in [2.45, 2.75) is 6.92 Å². The summed E-state index contributed by atoms with van der Waals surface area (Å²) < 4.78 is 0. The summed E-state index contributed by atoms with van der Waals surface area (Å²) in [6.07, 6.45) is 3.22. The van der Waals surface area contributed by atoms with Crippen molar-refractivity contribution in [2.24, 2.45) is 5.10 Å². The summed E-state index contributed by atoms with van der Waals surface area (Å²) in [6.45, 7) is 1.71. The molecule has 9 nitrogen and oxygen atoms in total. The van der Waals surface area contributed by atoms with E-state index in [0.29, 0.717) is 5.71 Å². The molecule has 0 amide bonds. The van der Waals surface area contributed by atoms with E-state index in [0.717, 1.165) is 11.6 Å². The van der Waals surface area contributed by atoms with Crippen molar-refractivity contribution >= 4 is 22.8 Å². The summed E-state index contributed by atoms with van der Waals surface area (Å²) in [7, 11) is 0. The van der Waals surface area contributed by atoms with Crippen LogP contribution in [0.1, 0.15) is 12.5 Å². The maximum absolute atomic E-state index is 11.0. The third-order valence-electron chi connectivity index (χ3n) is 2.81. The molecule has 0 saturated carbocycles. The third-order valence-corrected chi connectivity index (χ3v) is 2.81. The van der Waals surface area contributed by atoms with Crippen molar-refractivity contribution in [1.29, 1.82) is 0 Å². The number of hydrazone groups is 1. The van der Waals surface area contributed by atoms with Crippen molar-refractivity contribution in [3.8, 4) is 0 Å². The number of hydrogen-bond donors (Lipinski definition) is 1. The number of nitrogens with one attached hydrogen (secondary N) is 1. The van der Waals surface area contributed by atoms with E-state index in [9.17, 15) is 20.2 Å². The third kappa shape index (κ3) is 3.39. The lowest BCUT2D eigenvalue weighted by Crippen LogP contribution is -2.02. The van der Waals surface area contributed by atoms with Crippen LogP contribution in [-0.2, 0) is 0 Å². The summed E-state index contributed by atoms with van der Waals surface area (Å²) in [6, 6.07) is 6.83. The Morgan fingerprint density at radius 3 is 2.59 bits per heavy atom. The topological polar surface area (TPSA) is 124 Å². The zero-order chi connectivity index (χ0) is 16.1. The maximum atomic E-state index is 11.0. The number of pyridine rings is 1. The van der Waals surface area contributed by atoms with Gasteiger partial charge in [0.25, 0.3) is 5.69 Å². The summed E-state index contributed by atoms with van der Waals surface area (Å²) in [5.74, 6) is 0. The summed E-state index contributed by atoms with van der Waals surface area (Å²) in [4.78, 5) is 24.2. The normalized spacial score (nSPS) is 11.0. The maximum Gasteiger partial charge on any atom is 0.301 e. The molecule has 0 aliphatic rings. The number of aromatic nitrogens is 1. The van der Waals surface area contributed by atoms with E-state index in [2.05, 4.69) is 15.5 Å². The summed E-state index contributed by atoms with van der Waals surface area (Å²) in [5.41, 5.74) is 3.17. The van der Waals surface area contributed by atoms with Crippen molar-refractivity contribution in [3.05, 3.63) is 68.5 Å². The van der Waals surface area contributed by atoms with Crippen LogP contribution in [0.5, 0.6) is 0 Å². The molecule has 0 spiro atoms. The highest BCUT2D eigenvalue weighted by Gasteiger charge is 2.19. The minimum atomic E-state index is -0.704. The number of nitro benzene ring substituents is 2. The number of nitrogens with zero attached hydrogens (tertiary/aromatic N) is 4. The molecule has 9 heteroatoms. The van der Waals surface area contributed by atoms with Crippen molar-refractivity contribution in [1.82, 2.24) is 4.98 Å². The van der Waals surface area contributed by atoms with Crippen LogP contribution in [0.3, 0.4) is 0 Å². The van der Waals surface area contributed by atoms with E-state index in [1.54, 1.807) is 31.5 Å². The zero-order valence-corrected chi connectivity index (χ0v) is 11.5. The fourth-order valence-electron chi connectivity index (χ4n) is 1.66. The molecule has 0 atom stereocenters. The Morgan fingerprint density at radius 2 is 2.00 bits per heavy atom. The number of hydrogen-bond acceptors (Lipinski definition) is 7. The molecule has 1 heterocycles.